The zero-order chi connectivity index (χ0) is 24.6. The van der Waals surface area contributed by atoms with Crippen LogP contribution in [0.1, 0.15) is 51.9 Å². The summed E-state index contributed by atoms with van der Waals surface area (Å²) in [4.78, 5) is 12.4. The summed E-state index contributed by atoms with van der Waals surface area (Å²) in [7, 11) is 0. The molecule has 4 aliphatic carbocycles. The van der Waals surface area contributed by atoms with E-state index in [4.69, 9.17) is 9.47 Å². The molecule has 6 N–H and O–H groups in total. The predicted molar refractivity (Wildman–Crippen MR) is 118 cm³/mol. The van der Waals surface area contributed by atoms with E-state index in [2.05, 4.69) is 13.5 Å². The van der Waals surface area contributed by atoms with Gasteiger partial charge in [-0.05, 0) is 73.7 Å². The maximum absolute atomic E-state index is 12.4. The molecule has 0 unspecified atom stereocenters. The van der Waals surface area contributed by atoms with Gasteiger partial charge in [0.25, 0.3) is 0 Å². The van der Waals surface area contributed by atoms with Crippen LogP contribution in [0, 0.1) is 34.5 Å². The summed E-state index contributed by atoms with van der Waals surface area (Å²) in [6.07, 6.45) is -2.98. The molecule has 0 aromatic heterocycles. The van der Waals surface area contributed by atoms with Crippen LogP contribution in [0.3, 0.4) is 0 Å². The first-order valence-electron chi connectivity index (χ1n) is 12.6. The average Bonchev–Trinajstić information content (AvgIpc) is 2.98. The summed E-state index contributed by atoms with van der Waals surface area (Å²) >= 11 is 0. The van der Waals surface area contributed by atoms with E-state index in [1.54, 1.807) is 0 Å². The van der Waals surface area contributed by atoms with Gasteiger partial charge in [0.05, 0.1) is 24.7 Å². The minimum atomic E-state index is -1.55. The number of hydrogen-bond acceptors (Lipinski definition) is 8. The molecule has 1 aliphatic heterocycles. The molecular weight excluding hydrogens is 444 g/mol. The molecule has 4 saturated carbocycles. The van der Waals surface area contributed by atoms with Gasteiger partial charge in [-0.2, -0.15) is 0 Å². The highest BCUT2D eigenvalue weighted by atomic mass is 16.7. The SMILES string of the molecule is C=C1[C@@H]2CC[C@@H]3[C@]4(C)C[C@H](O[C@@H]5O[C@H](CO)[C@@H](O)[C@H](O)[C@H]5O)C[C@@H](C(=O)O)[C@H]4CC[C@]3(C2)[C@@H]1O. The second kappa shape index (κ2) is 8.50. The maximum atomic E-state index is 12.4. The van der Waals surface area contributed by atoms with Crippen molar-refractivity contribution in [1.29, 1.82) is 0 Å². The van der Waals surface area contributed by atoms with Crippen molar-refractivity contribution >= 4 is 5.97 Å². The fourth-order valence-corrected chi connectivity index (χ4v) is 8.70. The zero-order valence-corrected chi connectivity index (χ0v) is 19.6. The molecule has 0 aromatic carbocycles. The second-order valence-corrected chi connectivity index (χ2v) is 11.7. The fourth-order valence-electron chi connectivity index (χ4n) is 8.70. The molecule has 9 nitrogen and oxygen atoms in total. The molecule has 0 aromatic rings. The zero-order valence-electron chi connectivity index (χ0n) is 19.6. The number of aliphatic hydroxyl groups excluding tert-OH is 5. The van der Waals surface area contributed by atoms with E-state index in [9.17, 15) is 35.4 Å². The van der Waals surface area contributed by atoms with Gasteiger partial charge in [-0.3, -0.25) is 4.79 Å². The van der Waals surface area contributed by atoms with Crippen molar-refractivity contribution in [2.75, 3.05) is 6.61 Å². The summed E-state index contributed by atoms with van der Waals surface area (Å²) in [6, 6.07) is 0. The van der Waals surface area contributed by atoms with Crippen molar-refractivity contribution in [2.24, 2.45) is 34.5 Å². The van der Waals surface area contributed by atoms with Gasteiger partial charge in [-0.15, -0.1) is 0 Å². The van der Waals surface area contributed by atoms with E-state index in [1.165, 1.54) is 0 Å². The third-order valence-corrected chi connectivity index (χ3v) is 10.3. The quantitative estimate of drug-likeness (QED) is 0.247. The van der Waals surface area contributed by atoms with Gasteiger partial charge in [0.1, 0.15) is 24.4 Å². The Labute approximate surface area is 199 Å². The molecule has 1 heterocycles. The van der Waals surface area contributed by atoms with Crippen molar-refractivity contribution in [3.63, 3.8) is 0 Å². The summed E-state index contributed by atoms with van der Waals surface area (Å²) in [5.74, 6) is -1.10. The van der Waals surface area contributed by atoms with Gasteiger partial charge >= 0.3 is 5.97 Å². The lowest BCUT2D eigenvalue weighted by Gasteiger charge is -2.62. The molecular formula is C25H38O9. The number of carbonyl (C=O) groups is 1. The van der Waals surface area contributed by atoms with Crippen LogP contribution in [0.4, 0.5) is 0 Å². The van der Waals surface area contributed by atoms with Gasteiger partial charge in [0.15, 0.2) is 6.29 Å². The fraction of sp³-hybridized carbons (Fsp3) is 0.880. The Morgan fingerprint density at radius 2 is 1.85 bits per heavy atom. The molecule has 9 heteroatoms. The number of hydrogen-bond donors (Lipinski definition) is 6. The lowest BCUT2D eigenvalue weighted by molar-refractivity contribution is -0.319. The molecule has 5 aliphatic rings. The number of rotatable bonds is 4. The average molecular weight is 483 g/mol. The van der Waals surface area contributed by atoms with Crippen molar-refractivity contribution in [3.8, 4) is 0 Å². The third kappa shape index (κ3) is 3.43. The second-order valence-electron chi connectivity index (χ2n) is 11.7. The van der Waals surface area contributed by atoms with E-state index in [0.717, 1.165) is 37.7 Å². The molecule has 5 fully saturated rings. The Kier molecular flexibility index (Phi) is 6.16. The molecule has 34 heavy (non-hydrogen) atoms. The molecule has 2 bridgehead atoms. The van der Waals surface area contributed by atoms with Crippen LogP contribution in [0.15, 0.2) is 12.2 Å². The van der Waals surface area contributed by atoms with Crippen LogP contribution in [-0.2, 0) is 14.3 Å². The number of fused-ring (bicyclic) bond motifs is 3. The smallest absolute Gasteiger partial charge is 0.306 e. The number of aliphatic hydroxyl groups is 5. The van der Waals surface area contributed by atoms with Gasteiger partial charge in [-0.1, -0.05) is 13.5 Å². The van der Waals surface area contributed by atoms with Crippen LogP contribution < -0.4 is 0 Å². The van der Waals surface area contributed by atoms with Gasteiger partial charge in [-0.25, -0.2) is 0 Å². The Bertz CT molecular complexity index is 831. The molecule has 13 atom stereocenters. The molecule has 0 radical (unpaired) electrons. The molecule has 1 spiro atoms. The van der Waals surface area contributed by atoms with Gasteiger partial charge in [0.2, 0.25) is 0 Å². The first kappa shape index (κ1) is 24.6. The van der Waals surface area contributed by atoms with Crippen LogP contribution in [0.5, 0.6) is 0 Å². The topological polar surface area (TPSA) is 157 Å². The van der Waals surface area contributed by atoms with Crippen molar-refractivity contribution < 1.29 is 44.9 Å². The maximum Gasteiger partial charge on any atom is 0.306 e. The minimum absolute atomic E-state index is 0.0482. The minimum Gasteiger partial charge on any atom is -0.481 e. The standard InChI is InChI=1S/C25H38O9/c1-11-12-3-4-17-24(2)9-13(33-23-20(29)19(28)18(27)16(10-26)34-23)7-14(22(31)32)15(24)5-6-25(17,8-12)21(11)30/h12-21,23,26-30H,1,3-10H2,2H3,(H,31,32)/t12-,13-,14-,15-,16-,17-,18-,19+,20-,21-,23-,24-,25-/m1/s1. The van der Waals surface area contributed by atoms with Gasteiger partial charge < -0.3 is 40.1 Å². The highest BCUT2D eigenvalue weighted by molar-refractivity contribution is 5.71. The molecule has 192 valence electrons. The van der Waals surface area contributed by atoms with Crippen molar-refractivity contribution in [2.45, 2.75) is 94.8 Å². The molecule has 1 saturated heterocycles. The van der Waals surface area contributed by atoms with Crippen molar-refractivity contribution in [3.05, 3.63) is 12.2 Å². The number of aliphatic carboxylic acids is 1. The molecule has 0 amide bonds. The normalized spacial score (nSPS) is 54.9. The van der Waals surface area contributed by atoms with E-state index < -0.39 is 66.8 Å². The van der Waals surface area contributed by atoms with Crippen LogP contribution in [0.25, 0.3) is 0 Å². The van der Waals surface area contributed by atoms with Crippen molar-refractivity contribution in [1.82, 2.24) is 0 Å². The summed E-state index contributed by atoms with van der Waals surface area (Å²) in [6.45, 7) is 5.76. The van der Waals surface area contributed by atoms with Gasteiger partial charge in [0, 0.05) is 5.41 Å². The molecule has 5 rings (SSSR count). The highest BCUT2D eigenvalue weighted by Gasteiger charge is 2.66. The summed E-state index contributed by atoms with van der Waals surface area (Å²) < 4.78 is 11.6. The van der Waals surface area contributed by atoms with Crippen LogP contribution in [-0.4, -0.2) is 86.1 Å². The number of carboxylic acid groups (broad SMARTS) is 1. The predicted octanol–water partition coefficient (Wildman–Crippen LogP) is 0.416. The Morgan fingerprint density at radius 1 is 1.12 bits per heavy atom. The van der Waals surface area contributed by atoms with E-state index >= 15 is 0 Å². The van der Waals surface area contributed by atoms with E-state index in [0.29, 0.717) is 12.3 Å². The Morgan fingerprint density at radius 3 is 2.53 bits per heavy atom. The lowest BCUT2D eigenvalue weighted by atomic mass is 9.43. The highest BCUT2D eigenvalue weighted by Crippen LogP contribution is 2.70. The largest absolute Gasteiger partial charge is 0.481 e. The van der Waals surface area contributed by atoms with E-state index in [1.807, 2.05) is 0 Å². The van der Waals surface area contributed by atoms with Crippen LogP contribution >= 0.6 is 0 Å². The Hall–Kier alpha value is -1.07. The summed E-state index contributed by atoms with van der Waals surface area (Å²) in [5.41, 5.74) is 0.248. The Balaban J connectivity index is 1.43. The third-order valence-electron chi connectivity index (χ3n) is 10.3. The number of ether oxygens (including phenoxy) is 2. The number of carboxylic acids is 1. The summed E-state index contributed by atoms with van der Waals surface area (Å²) in [5, 5.41) is 61.5. The van der Waals surface area contributed by atoms with Crippen LogP contribution in [0.2, 0.25) is 0 Å². The first-order valence-corrected chi connectivity index (χ1v) is 12.6. The monoisotopic (exact) mass is 482 g/mol. The lowest BCUT2D eigenvalue weighted by Crippen LogP contribution is -2.62. The van der Waals surface area contributed by atoms with E-state index in [-0.39, 0.29) is 23.7 Å². The first-order chi connectivity index (χ1) is 16.0.